The number of amides is 1. The Hall–Kier alpha value is -2.37. The molecule has 0 aromatic heterocycles. The smallest absolute Gasteiger partial charge is 0.303 e. The van der Waals surface area contributed by atoms with E-state index in [9.17, 15) is 19.5 Å². The van der Waals surface area contributed by atoms with E-state index in [1.165, 1.54) is 13.0 Å². The van der Waals surface area contributed by atoms with E-state index in [2.05, 4.69) is 18.3 Å². The van der Waals surface area contributed by atoms with Gasteiger partial charge in [0.15, 0.2) is 5.78 Å². The third-order valence-corrected chi connectivity index (χ3v) is 7.56. The molecule has 0 radical (unpaired) electrons. The number of allylic oxidation sites excluding steroid dienone is 2. The zero-order valence-electron chi connectivity index (χ0n) is 23.5. The number of esters is 1. The van der Waals surface area contributed by atoms with Crippen LogP contribution in [0.2, 0.25) is 0 Å². The zero-order chi connectivity index (χ0) is 28.7. The second-order valence-electron chi connectivity index (χ2n) is 11.1. The van der Waals surface area contributed by atoms with E-state index in [1.807, 2.05) is 19.9 Å². The fraction of sp³-hybridized carbons (Fsp3) is 0.690. The predicted octanol–water partition coefficient (Wildman–Crippen LogP) is 1.92. The number of rotatable bonds is 11. The molecule has 0 saturated carbocycles. The van der Waals surface area contributed by atoms with Crippen molar-refractivity contribution in [1.82, 2.24) is 5.32 Å². The van der Waals surface area contributed by atoms with Crippen LogP contribution in [0.4, 0.5) is 0 Å². The number of epoxide rings is 1. The number of aliphatic hydroxyl groups excluding tert-OH is 2. The number of carbonyl (C=O) groups is 3. The molecule has 3 aliphatic rings. The van der Waals surface area contributed by atoms with Gasteiger partial charge < -0.3 is 34.5 Å². The van der Waals surface area contributed by atoms with Crippen LogP contribution in [0.25, 0.3) is 0 Å². The van der Waals surface area contributed by atoms with E-state index >= 15 is 0 Å². The Bertz CT molecular complexity index is 970. The van der Waals surface area contributed by atoms with Crippen LogP contribution in [0.5, 0.6) is 0 Å². The van der Waals surface area contributed by atoms with Crippen LogP contribution in [0, 0.1) is 5.92 Å². The van der Waals surface area contributed by atoms with Gasteiger partial charge in [0.05, 0.1) is 31.0 Å². The summed E-state index contributed by atoms with van der Waals surface area (Å²) in [5.74, 6) is -0.740. The van der Waals surface area contributed by atoms with Gasteiger partial charge in [-0.3, -0.25) is 14.4 Å². The van der Waals surface area contributed by atoms with Crippen molar-refractivity contribution in [2.75, 3.05) is 13.2 Å². The Labute approximate surface area is 230 Å². The average molecular weight is 550 g/mol. The first-order valence-corrected chi connectivity index (χ1v) is 13.7. The number of ketones is 1. The molecule has 218 valence electrons. The number of Topliss-reactive ketones (excluding diaryl/α,β-unsaturated/α-hetero) is 1. The minimum absolute atomic E-state index is 0.00967. The number of carbonyl (C=O) groups excluding carboxylic acids is 3. The van der Waals surface area contributed by atoms with Crippen molar-refractivity contribution in [3.05, 3.63) is 36.0 Å². The maximum absolute atomic E-state index is 12.3. The van der Waals surface area contributed by atoms with Crippen molar-refractivity contribution in [2.24, 2.45) is 5.92 Å². The van der Waals surface area contributed by atoms with Gasteiger partial charge in [-0.15, -0.1) is 0 Å². The van der Waals surface area contributed by atoms with Gasteiger partial charge in [0.25, 0.3) is 0 Å². The molecule has 3 rings (SSSR count). The number of hydrogen-bond acceptors (Lipinski definition) is 9. The van der Waals surface area contributed by atoms with Crippen molar-refractivity contribution in [1.29, 1.82) is 0 Å². The van der Waals surface area contributed by atoms with Crippen molar-refractivity contribution in [3.8, 4) is 0 Å². The highest BCUT2D eigenvalue weighted by Crippen LogP contribution is 2.43. The monoisotopic (exact) mass is 549 g/mol. The molecular formula is C29H43NO9. The number of aliphatic hydroxyl groups is 2. The van der Waals surface area contributed by atoms with Gasteiger partial charge in [-0.25, -0.2) is 0 Å². The summed E-state index contributed by atoms with van der Waals surface area (Å²) in [6.07, 6.45) is 8.17. The van der Waals surface area contributed by atoms with Gasteiger partial charge in [0.2, 0.25) is 5.91 Å². The lowest BCUT2D eigenvalue weighted by molar-refractivity contribution is -0.145. The third-order valence-electron chi connectivity index (χ3n) is 7.56. The molecule has 39 heavy (non-hydrogen) atoms. The van der Waals surface area contributed by atoms with Crippen LogP contribution in [-0.2, 0) is 33.3 Å². The summed E-state index contributed by atoms with van der Waals surface area (Å²) in [7, 11) is 0. The summed E-state index contributed by atoms with van der Waals surface area (Å²) in [5.41, 5.74) is 0.311. The Morgan fingerprint density at radius 1 is 1.18 bits per heavy atom. The Morgan fingerprint density at radius 2 is 1.90 bits per heavy atom. The zero-order valence-corrected chi connectivity index (χ0v) is 23.5. The second kappa shape index (κ2) is 13.8. The molecule has 0 aromatic rings. The molecule has 0 unspecified atom stereocenters. The molecule has 0 bridgehead atoms. The van der Waals surface area contributed by atoms with Gasteiger partial charge in [-0.1, -0.05) is 30.7 Å². The van der Waals surface area contributed by atoms with Gasteiger partial charge in [0.1, 0.15) is 30.5 Å². The standard InChI is InChI=1S/C29H43NO9/c1-17(7-10-26-28(35)29(16-36-29)14-23(39-26)13-22(33)15-31)6-9-25-18(2)12-24(20(4)38-25)30-27(34)11-8-19(3)37-21(5)32/h6-8,10-11,18-20,23-26,28,31,35H,9,12-16H2,1-5H3,(H,30,34)/b10-7+,11-8-,17-6+/t18-,19-,20+,23+,24+,25-,26+,28+,29+/m0/s1. The van der Waals surface area contributed by atoms with Crippen LogP contribution >= 0.6 is 0 Å². The minimum Gasteiger partial charge on any atom is -0.459 e. The fourth-order valence-corrected chi connectivity index (χ4v) is 5.21. The lowest BCUT2D eigenvalue weighted by Crippen LogP contribution is -2.50. The highest BCUT2D eigenvalue weighted by atomic mass is 16.6. The molecule has 3 N–H and O–H groups in total. The maximum atomic E-state index is 12.3. The van der Waals surface area contributed by atoms with Crippen molar-refractivity contribution in [2.45, 2.75) is 109 Å². The van der Waals surface area contributed by atoms with E-state index in [4.69, 9.17) is 24.1 Å². The Balaban J connectivity index is 1.50. The van der Waals surface area contributed by atoms with Gasteiger partial charge in [0, 0.05) is 25.8 Å². The molecular weight excluding hydrogens is 506 g/mol. The highest BCUT2D eigenvalue weighted by Gasteiger charge is 2.58. The Morgan fingerprint density at radius 3 is 2.54 bits per heavy atom. The summed E-state index contributed by atoms with van der Waals surface area (Å²) >= 11 is 0. The lowest BCUT2D eigenvalue weighted by atomic mass is 9.87. The summed E-state index contributed by atoms with van der Waals surface area (Å²) in [4.78, 5) is 35.0. The fourth-order valence-electron chi connectivity index (χ4n) is 5.21. The second-order valence-corrected chi connectivity index (χ2v) is 11.1. The quantitative estimate of drug-likeness (QED) is 0.152. The molecule has 0 aliphatic carbocycles. The van der Waals surface area contributed by atoms with E-state index in [0.717, 1.165) is 12.0 Å². The van der Waals surface area contributed by atoms with Gasteiger partial charge >= 0.3 is 5.97 Å². The predicted molar refractivity (Wildman–Crippen MR) is 143 cm³/mol. The molecule has 0 aromatic carbocycles. The first-order chi connectivity index (χ1) is 18.4. The highest BCUT2D eigenvalue weighted by molar-refractivity contribution is 5.87. The van der Waals surface area contributed by atoms with Crippen LogP contribution < -0.4 is 5.32 Å². The first-order valence-electron chi connectivity index (χ1n) is 13.7. The summed E-state index contributed by atoms with van der Waals surface area (Å²) in [6, 6.07) is -0.130. The number of hydrogen-bond donors (Lipinski definition) is 3. The maximum Gasteiger partial charge on any atom is 0.303 e. The lowest BCUT2D eigenvalue weighted by Gasteiger charge is -2.39. The topological polar surface area (TPSA) is 144 Å². The van der Waals surface area contributed by atoms with Crippen molar-refractivity contribution < 1.29 is 43.5 Å². The molecule has 3 saturated heterocycles. The number of nitrogens with one attached hydrogen (secondary N) is 1. The third kappa shape index (κ3) is 9.08. The molecule has 1 amide bonds. The normalized spacial score (nSPS) is 35.8. The van der Waals surface area contributed by atoms with Crippen LogP contribution in [0.1, 0.15) is 60.3 Å². The van der Waals surface area contributed by atoms with Gasteiger partial charge in [-0.2, -0.15) is 0 Å². The molecule has 1 spiro atoms. The molecule has 10 nitrogen and oxygen atoms in total. The average Bonchev–Trinajstić information content (AvgIpc) is 3.64. The molecule has 3 heterocycles. The summed E-state index contributed by atoms with van der Waals surface area (Å²) in [5, 5.41) is 22.8. The van der Waals surface area contributed by atoms with E-state index < -0.39 is 42.6 Å². The Kier molecular flexibility index (Phi) is 11.0. The molecule has 3 aliphatic heterocycles. The summed E-state index contributed by atoms with van der Waals surface area (Å²) < 4.78 is 22.7. The van der Waals surface area contributed by atoms with Crippen molar-refractivity contribution in [3.63, 3.8) is 0 Å². The van der Waals surface area contributed by atoms with Crippen LogP contribution in [-0.4, -0.2) is 89.4 Å². The SMILES string of the molecule is CC(=O)O[C@@H](C)/C=C\C(=O)N[C@@H]1C[C@H](C)[C@H](C/C=C(C)/C=C/[C@H]2O[C@H](CC(=O)CO)C[C@@]3(CO3)[C@@H]2O)O[C@@H]1C. The molecule has 10 heteroatoms. The van der Waals surface area contributed by atoms with E-state index in [-0.39, 0.29) is 42.3 Å². The van der Waals surface area contributed by atoms with E-state index in [0.29, 0.717) is 19.4 Å². The first kappa shape index (κ1) is 31.2. The molecule has 9 atom stereocenters. The number of ether oxygens (including phenoxy) is 4. The summed E-state index contributed by atoms with van der Waals surface area (Å²) in [6.45, 7) is 8.93. The van der Waals surface area contributed by atoms with Gasteiger partial charge in [-0.05, 0) is 45.6 Å². The largest absolute Gasteiger partial charge is 0.459 e. The van der Waals surface area contributed by atoms with Crippen molar-refractivity contribution >= 4 is 17.7 Å². The molecule has 3 fully saturated rings. The van der Waals surface area contributed by atoms with Crippen LogP contribution in [0.15, 0.2) is 36.0 Å². The van der Waals surface area contributed by atoms with Crippen LogP contribution in [0.3, 0.4) is 0 Å². The van der Waals surface area contributed by atoms with E-state index in [1.54, 1.807) is 19.1 Å². The minimum atomic E-state index is -0.823.